The average molecular weight is 314 g/mol. The molecule has 5 heteroatoms. The van der Waals surface area contributed by atoms with Gasteiger partial charge < -0.3 is 10.1 Å². The normalized spacial score (nSPS) is 11.1. The van der Waals surface area contributed by atoms with E-state index in [1.54, 1.807) is 24.5 Å². The van der Waals surface area contributed by atoms with Crippen LogP contribution in [0.4, 0.5) is 8.78 Å². The van der Waals surface area contributed by atoms with Crippen molar-refractivity contribution in [1.29, 1.82) is 0 Å². The predicted molar refractivity (Wildman–Crippen MR) is 85.4 cm³/mol. The van der Waals surface area contributed by atoms with Crippen molar-refractivity contribution in [3.05, 3.63) is 72.1 Å². The summed E-state index contributed by atoms with van der Waals surface area (Å²) in [6.45, 7) is -1.81. The summed E-state index contributed by atoms with van der Waals surface area (Å²) in [6.07, 6.45) is 3.48. The number of alkyl halides is 2. The van der Waals surface area contributed by atoms with E-state index in [4.69, 9.17) is 0 Å². The first kappa shape index (κ1) is 15.4. The second-order valence-corrected chi connectivity index (χ2v) is 5.11. The van der Waals surface area contributed by atoms with Gasteiger partial charge in [0.1, 0.15) is 5.75 Å². The molecule has 0 unspecified atom stereocenters. The van der Waals surface area contributed by atoms with E-state index in [9.17, 15) is 8.78 Å². The molecule has 3 aromatic rings. The fourth-order valence-electron chi connectivity index (χ4n) is 2.54. The van der Waals surface area contributed by atoms with E-state index >= 15 is 0 Å². The molecule has 0 aliphatic carbocycles. The van der Waals surface area contributed by atoms with Crippen LogP contribution >= 0.6 is 0 Å². The molecule has 0 radical (unpaired) electrons. The number of halogens is 2. The molecule has 1 N–H and O–H groups in total. The third-order valence-electron chi connectivity index (χ3n) is 3.57. The van der Waals surface area contributed by atoms with Crippen molar-refractivity contribution in [3.8, 4) is 5.75 Å². The SMILES string of the molecule is FC(F)Oc1ccc2ccccc2c1CNCc1cccnc1. The Bertz CT molecular complexity index is 778. The number of benzene rings is 2. The molecule has 0 aliphatic heterocycles. The second kappa shape index (κ2) is 7.15. The molecule has 1 heterocycles. The van der Waals surface area contributed by atoms with Gasteiger partial charge in [0.05, 0.1) is 0 Å². The Morgan fingerprint density at radius 2 is 1.87 bits per heavy atom. The third kappa shape index (κ3) is 3.81. The molecule has 0 saturated carbocycles. The Morgan fingerprint density at radius 1 is 1.00 bits per heavy atom. The highest BCUT2D eigenvalue weighted by atomic mass is 19.3. The zero-order valence-electron chi connectivity index (χ0n) is 12.4. The third-order valence-corrected chi connectivity index (χ3v) is 3.57. The zero-order valence-corrected chi connectivity index (χ0v) is 12.4. The smallest absolute Gasteiger partial charge is 0.387 e. The number of rotatable bonds is 6. The Hall–Kier alpha value is -2.53. The minimum Gasteiger partial charge on any atom is -0.434 e. The Kier molecular flexibility index (Phi) is 4.78. The number of aromatic nitrogens is 1. The van der Waals surface area contributed by atoms with Crippen LogP contribution in [-0.4, -0.2) is 11.6 Å². The van der Waals surface area contributed by atoms with E-state index in [0.717, 1.165) is 21.9 Å². The summed E-state index contributed by atoms with van der Waals surface area (Å²) in [5.41, 5.74) is 1.76. The Balaban J connectivity index is 1.84. The molecule has 23 heavy (non-hydrogen) atoms. The maximum absolute atomic E-state index is 12.6. The lowest BCUT2D eigenvalue weighted by Crippen LogP contribution is -2.15. The van der Waals surface area contributed by atoms with Gasteiger partial charge in [-0.3, -0.25) is 4.98 Å². The van der Waals surface area contributed by atoms with E-state index in [1.165, 1.54) is 0 Å². The highest BCUT2D eigenvalue weighted by Crippen LogP contribution is 2.29. The minimum absolute atomic E-state index is 0.206. The molecule has 0 amide bonds. The number of hydrogen-bond donors (Lipinski definition) is 1. The fourth-order valence-corrected chi connectivity index (χ4v) is 2.54. The van der Waals surface area contributed by atoms with Crippen LogP contribution in [0.25, 0.3) is 10.8 Å². The van der Waals surface area contributed by atoms with E-state index in [1.807, 2.05) is 36.4 Å². The van der Waals surface area contributed by atoms with Crippen LogP contribution in [0.5, 0.6) is 5.75 Å². The molecule has 0 fully saturated rings. The molecular formula is C18H16F2N2O. The van der Waals surface area contributed by atoms with Gasteiger partial charge in [-0.1, -0.05) is 36.4 Å². The van der Waals surface area contributed by atoms with Gasteiger partial charge in [-0.15, -0.1) is 0 Å². The summed E-state index contributed by atoms with van der Waals surface area (Å²) < 4.78 is 29.9. The zero-order chi connectivity index (χ0) is 16.1. The largest absolute Gasteiger partial charge is 0.434 e. The Morgan fingerprint density at radius 3 is 2.65 bits per heavy atom. The molecule has 118 valence electrons. The monoisotopic (exact) mass is 314 g/mol. The summed E-state index contributed by atoms with van der Waals surface area (Å²) in [5, 5.41) is 5.16. The van der Waals surface area contributed by atoms with E-state index in [-0.39, 0.29) is 5.75 Å². The number of pyridine rings is 1. The molecule has 0 spiro atoms. The van der Waals surface area contributed by atoms with Gasteiger partial charge in [0, 0.05) is 31.0 Å². The lowest BCUT2D eigenvalue weighted by Gasteiger charge is -2.14. The minimum atomic E-state index is -2.84. The highest BCUT2D eigenvalue weighted by molar-refractivity contribution is 5.87. The first-order chi connectivity index (χ1) is 11.2. The van der Waals surface area contributed by atoms with Crippen LogP contribution in [-0.2, 0) is 13.1 Å². The molecule has 3 rings (SSSR count). The number of hydrogen-bond acceptors (Lipinski definition) is 3. The molecule has 2 aromatic carbocycles. The summed E-state index contributed by atoms with van der Waals surface area (Å²) in [5.74, 6) is 0.206. The molecule has 3 nitrogen and oxygen atoms in total. The van der Waals surface area contributed by atoms with Crippen LogP contribution in [0.15, 0.2) is 60.9 Å². The molecule has 0 bridgehead atoms. The maximum Gasteiger partial charge on any atom is 0.387 e. The molecule has 0 saturated heterocycles. The van der Waals surface area contributed by atoms with Crippen molar-refractivity contribution in [2.75, 3.05) is 0 Å². The summed E-state index contributed by atoms with van der Waals surface area (Å²) >= 11 is 0. The lowest BCUT2D eigenvalue weighted by atomic mass is 10.0. The molecule has 0 aliphatic rings. The molecule has 0 atom stereocenters. The van der Waals surface area contributed by atoms with Crippen molar-refractivity contribution in [2.24, 2.45) is 0 Å². The molecular weight excluding hydrogens is 298 g/mol. The van der Waals surface area contributed by atoms with Crippen LogP contribution in [0.3, 0.4) is 0 Å². The number of nitrogens with one attached hydrogen (secondary N) is 1. The van der Waals surface area contributed by atoms with Gasteiger partial charge in [-0.05, 0) is 28.5 Å². The van der Waals surface area contributed by atoms with Crippen molar-refractivity contribution >= 4 is 10.8 Å². The standard InChI is InChI=1S/C18H16F2N2O/c19-18(20)23-17-8-7-14-5-1-2-6-15(14)16(17)12-22-11-13-4-3-9-21-10-13/h1-10,18,22H,11-12H2. The van der Waals surface area contributed by atoms with Gasteiger partial charge in [-0.2, -0.15) is 8.78 Å². The summed E-state index contributed by atoms with van der Waals surface area (Å²) in [6, 6.07) is 14.9. The van der Waals surface area contributed by atoms with E-state index in [2.05, 4.69) is 15.0 Å². The van der Waals surface area contributed by atoms with E-state index in [0.29, 0.717) is 13.1 Å². The summed E-state index contributed by atoms with van der Waals surface area (Å²) in [4.78, 5) is 4.05. The van der Waals surface area contributed by atoms with Gasteiger partial charge in [0.2, 0.25) is 0 Å². The summed E-state index contributed by atoms with van der Waals surface area (Å²) in [7, 11) is 0. The van der Waals surface area contributed by atoms with Gasteiger partial charge in [-0.25, -0.2) is 0 Å². The highest BCUT2D eigenvalue weighted by Gasteiger charge is 2.12. The van der Waals surface area contributed by atoms with Crippen molar-refractivity contribution < 1.29 is 13.5 Å². The predicted octanol–water partition coefficient (Wildman–Crippen LogP) is 4.13. The van der Waals surface area contributed by atoms with Crippen molar-refractivity contribution in [2.45, 2.75) is 19.7 Å². The van der Waals surface area contributed by atoms with Gasteiger partial charge >= 0.3 is 6.61 Å². The average Bonchev–Trinajstić information content (AvgIpc) is 2.57. The van der Waals surface area contributed by atoms with Crippen molar-refractivity contribution in [1.82, 2.24) is 10.3 Å². The number of ether oxygens (including phenoxy) is 1. The fraction of sp³-hybridized carbons (Fsp3) is 0.167. The van der Waals surface area contributed by atoms with Crippen LogP contribution < -0.4 is 10.1 Å². The van der Waals surface area contributed by atoms with Crippen LogP contribution in [0, 0.1) is 0 Å². The Labute approximate surface area is 132 Å². The lowest BCUT2D eigenvalue weighted by molar-refractivity contribution is -0.0503. The van der Waals surface area contributed by atoms with Gasteiger partial charge in [0.25, 0.3) is 0 Å². The first-order valence-electron chi connectivity index (χ1n) is 7.29. The maximum atomic E-state index is 12.6. The quantitative estimate of drug-likeness (QED) is 0.743. The van der Waals surface area contributed by atoms with Crippen LogP contribution in [0.2, 0.25) is 0 Å². The first-order valence-corrected chi connectivity index (χ1v) is 7.29. The second-order valence-electron chi connectivity index (χ2n) is 5.11. The van der Waals surface area contributed by atoms with Crippen LogP contribution in [0.1, 0.15) is 11.1 Å². The van der Waals surface area contributed by atoms with E-state index < -0.39 is 6.61 Å². The van der Waals surface area contributed by atoms with Gasteiger partial charge in [0.15, 0.2) is 0 Å². The number of fused-ring (bicyclic) bond motifs is 1. The van der Waals surface area contributed by atoms with Crippen molar-refractivity contribution in [3.63, 3.8) is 0 Å². The molecule has 1 aromatic heterocycles. The number of nitrogens with zero attached hydrogens (tertiary/aromatic N) is 1. The topological polar surface area (TPSA) is 34.1 Å².